The molecule has 0 fully saturated rings. The largest absolute Gasteiger partial charge is 0.359 e. The van der Waals surface area contributed by atoms with E-state index in [1.54, 1.807) is 0 Å². The average Bonchev–Trinajstić information content (AvgIpc) is 2.39. The van der Waals surface area contributed by atoms with Gasteiger partial charge in [-0.05, 0) is 6.42 Å². The Morgan fingerprint density at radius 2 is 1.06 bits per heavy atom. The molecule has 1 amide bonds. The maximum atomic E-state index is 10.0. The molecular formula is C16H33NO. The van der Waals surface area contributed by atoms with Crippen LogP contribution in [0.4, 0.5) is 0 Å². The lowest BCUT2D eigenvalue weighted by atomic mass is 10.0. The molecule has 0 aromatic heterocycles. The van der Waals surface area contributed by atoms with Gasteiger partial charge in [0.15, 0.2) is 0 Å². The molecule has 0 aromatic rings. The average molecular weight is 255 g/mol. The molecule has 0 rings (SSSR count). The van der Waals surface area contributed by atoms with Crippen LogP contribution >= 0.6 is 0 Å². The number of carbonyl (C=O) groups is 1. The van der Waals surface area contributed by atoms with Crippen LogP contribution in [-0.2, 0) is 4.79 Å². The minimum Gasteiger partial charge on any atom is -0.359 e. The van der Waals surface area contributed by atoms with Gasteiger partial charge in [-0.15, -0.1) is 0 Å². The van der Waals surface area contributed by atoms with E-state index in [-0.39, 0.29) is 0 Å². The molecule has 0 aliphatic rings. The molecule has 0 spiro atoms. The quantitative estimate of drug-likeness (QED) is 0.330. The number of unbranched alkanes of at least 4 members (excludes halogenated alkanes) is 12. The van der Waals surface area contributed by atoms with E-state index in [4.69, 9.17) is 0 Å². The minimum absolute atomic E-state index is 0.792. The molecule has 0 radical (unpaired) electrons. The van der Waals surface area contributed by atoms with E-state index in [1.165, 1.54) is 77.0 Å². The van der Waals surface area contributed by atoms with Gasteiger partial charge in [-0.3, -0.25) is 4.79 Å². The van der Waals surface area contributed by atoms with Gasteiger partial charge in [-0.2, -0.15) is 0 Å². The van der Waals surface area contributed by atoms with Crippen molar-refractivity contribution >= 4 is 6.41 Å². The van der Waals surface area contributed by atoms with Gasteiger partial charge in [0.05, 0.1) is 0 Å². The van der Waals surface area contributed by atoms with Crippen molar-refractivity contribution in [2.75, 3.05) is 6.54 Å². The summed E-state index contributed by atoms with van der Waals surface area (Å²) < 4.78 is 0. The Balaban J connectivity index is 2.88. The standard InChI is InChI=1S/C16H33NO/c1-2-3-4-5-6-7-8-9-10-11-12-13-14-15-17-16-18/h16H,2-15H2,1H3,(H,17,18). The van der Waals surface area contributed by atoms with Crippen molar-refractivity contribution in [2.24, 2.45) is 0 Å². The summed E-state index contributed by atoms with van der Waals surface area (Å²) in [7, 11) is 0. The summed E-state index contributed by atoms with van der Waals surface area (Å²) in [5, 5.41) is 2.71. The van der Waals surface area contributed by atoms with E-state index >= 15 is 0 Å². The van der Waals surface area contributed by atoms with Gasteiger partial charge in [-0.25, -0.2) is 0 Å². The molecule has 0 aliphatic carbocycles. The van der Waals surface area contributed by atoms with Gasteiger partial charge in [0.2, 0.25) is 6.41 Å². The molecule has 0 saturated carbocycles. The second-order valence-corrected chi connectivity index (χ2v) is 5.31. The van der Waals surface area contributed by atoms with E-state index in [0.29, 0.717) is 0 Å². The van der Waals surface area contributed by atoms with E-state index in [0.717, 1.165) is 19.4 Å². The van der Waals surface area contributed by atoms with Crippen molar-refractivity contribution in [1.82, 2.24) is 5.32 Å². The summed E-state index contributed by atoms with van der Waals surface area (Å²) in [5.74, 6) is 0. The maximum absolute atomic E-state index is 10.0. The summed E-state index contributed by atoms with van der Waals surface area (Å²) >= 11 is 0. The topological polar surface area (TPSA) is 29.1 Å². The predicted octanol–water partition coefficient (Wildman–Crippen LogP) is 4.82. The van der Waals surface area contributed by atoms with Crippen LogP contribution in [0.15, 0.2) is 0 Å². The van der Waals surface area contributed by atoms with Crippen molar-refractivity contribution in [2.45, 2.75) is 90.4 Å². The zero-order valence-electron chi connectivity index (χ0n) is 12.4. The Bertz CT molecular complexity index is 159. The molecule has 108 valence electrons. The van der Waals surface area contributed by atoms with E-state index in [2.05, 4.69) is 12.2 Å². The van der Waals surface area contributed by atoms with Gasteiger partial charge < -0.3 is 5.32 Å². The van der Waals surface area contributed by atoms with Crippen LogP contribution in [0.3, 0.4) is 0 Å². The molecule has 0 aliphatic heterocycles. The molecule has 0 bridgehead atoms. The first-order valence-electron chi connectivity index (χ1n) is 8.09. The highest BCUT2D eigenvalue weighted by molar-refractivity contribution is 5.45. The third kappa shape index (κ3) is 15.5. The molecule has 0 unspecified atom stereocenters. The van der Waals surface area contributed by atoms with Crippen molar-refractivity contribution in [3.8, 4) is 0 Å². The number of hydrogen-bond acceptors (Lipinski definition) is 1. The third-order valence-electron chi connectivity index (χ3n) is 3.51. The zero-order valence-corrected chi connectivity index (χ0v) is 12.4. The molecule has 0 heterocycles. The molecule has 2 heteroatoms. The summed E-state index contributed by atoms with van der Waals surface area (Å²) in [6, 6.07) is 0. The fraction of sp³-hybridized carbons (Fsp3) is 0.938. The minimum atomic E-state index is 0.792. The Morgan fingerprint density at radius 3 is 1.44 bits per heavy atom. The van der Waals surface area contributed by atoms with Gasteiger partial charge in [0.25, 0.3) is 0 Å². The molecule has 0 aromatic carbocycles. The van der Waals surface area contributed by atoms with E-state index < -0.39 is 0 Å². The first-order chi connectivity index (χ1) is 8.91. The predicted molar refractivity (Wildman–Crippen MR) is 79.8 cm³/mol. The van der Waals surface area contributed by atoms with Crippen LogP contribution in [0.25, 0.3) is 0 Å². The van der Waals surface area contributed by atoms with Crippen molar-refractivity contribution in [1.29, 1.82) is 0 Å². The normalized spacial score (nSPS) is 10.5. The molecule has 0 saturated heterocycles. The number of carbonyl (C=O) groups excluding carboxylic acids is 1. The van der Waals surface area contributed by atoms with Crippen LogP contribution in [0.2, 0.25) is 0 Å². The summed E-state index contributed by atoms with van der Waals surface area (Å²) in [5.41, 5.74) is 0. The summed E-state index contributed by atoms with van der Waals surface area (Å²) in [4.78, 5) is 10.0. The second kappa shape index (κ2) is 16.5. The highest BCUT2D eigenvalue weighted by Gasteiger charge is 1.93. The number of rotatable bonds is 15. The van der Waals surface area contributed by atoms with E-state index in [1.807, 2.05) is 0 Å². The third-order valence-corrected chi connectivity index (χ3v) is 3.51. The van der Waals surface area contributed by atoms with Crippen molar-refractivity contribution < 1.29 is 4.79 Å². The number of amides is 1. The molecule has 2 nitrogen and oxygen atoms in total. The van der Waals surface area contributed by atoms with Crippen LogP contribution in [0.1, 0.15) is 90.4 Å². The second-order valence-electron chi connectivity index (χ2n) is 5.31. The maximum Gasteiger partial charge on any atom is 0.207 e. The van der Waals surface area contributed by atoms with Crippen LogP contribution in [0, 0.1) is 0 Å². The highest BCUT2D eigenvalue weighted by atomic mass is 16.1. The van der Waals surface area contributed by atoms with Gasteiger partial charge in [-0.1, -0.05) is 84.0 Å². The van der Waals surface area contributed by atoms with Crippen molar-refractivity contribution in [3.63, 3.8) is 0 Å². The molecule has 1 N–H and O–H groups in total. The van der Waals surface area contributed by atoms with Crippen LogP contribution in [-0.4, -0.2) is 13.0 Å². The molecular weight excluding hydrogens is 222 g/mol. The SMILES string of the molecule is CCCCCCCCCCCCCCCNC=O. The van der Waals surface area contributed by atoms with Gasteiger partial charge in [0, 0.05) is 6.54 Å². The zero-order chi connectivity index (χ0) is 13.3. The Kier molecular flexibility index (Phi) is 16.0. The Morgan fingerprint density at radius 1 is 0.667 bits per heavy atom. The first-order valence-corrected chi connectivity index (χ1v) is 8.09. The summed E-state index contributed by atoms with van der Waals surface area (Å²) in [6.07, 6.45) is 18.7. The summed E-state index contributed by atoms with van der Waals surface area (Å²) in [6.45, 7) is 3.12. The molecule has 0 atom stereocenters. The monoisotopic (exact) mass is 255 g/mol. The fourth-order valence-electron chi connectivity index (χ4n) is 2.30. The lowest BCUT2D eigenvalue weighted by Crippen LogP contribution is -2.11. The highest BCUT2D eigenvalue weighted by Crippen LogP contribution is 2.12. The lowest BCUT2D eigenvalue weighted by Gasteiger charge is -2.02. The fourth-order valence-corrected chi connectivity index (χ4v) is 2.30. The Hall–Kier alpha value is -0.530. The van der Waals surface area contributed by atoms with Crippen LogP contribution in [0.5, 0.6) is 0 Å². The Labute approximate surface area is 114 Å². The van der Waals surface area contributed by atoms with Crippen LogP contribution < -0.4 is 5.32 Å². The smallest absolute Gasteiger partial charge is 0.207 e. The first kappa shape index (κ1) is 17.5. The van der Waals surface area contributed by atoms with Crippen molar-refractivity contribution in [3.05, 3.63) is 0 Å². The molecule has 18 heavy (non-hydrogen) atoms. The van der Waals surface area contributed by atoms with Gasteiger partial charge in [0.1, 0.15) is 0 Å². The van der Waals surface area contributed by atoms with E-state index in [9.17, 15) is 4.79 Å². The lowest BCUT2D eigenvalue weighted by molar-refractivity contribution is -0.109. The number of hydrogen-bond donors (Lipinski definition) is 1. The van der Waals surface area contributed by atoms with Gasteiger partial charge >= 0.3 is 0 Å². The number of nitrogens with one attached hydrogen (secondary N) is 1.